The van der Waals surface area contributed by atoms with Crippen LogP contribution in [0.3, 0.4) is 0 Å². The summed E-state index contributed by atoms with van der Waals surface area (Å²) in [5, 5.41) is 6.15. The number of nitrogens with one attached hydrogen (secondary N) is 2. The lowest BCUT2D eigenvalue weighted by atomic mass is 9.73. The van der Waals surface area contributed by atoms with Gasteiger partial charge in [0, 0.05) is 32.6 Å². The molecule has 1 fully saturated rings. The quantitative estimate of drug-likeness (QED) is 0.659. The number of likely N-dealkylation sites (tertiary alicyclic amines) is 1. The molecule has 2 aliphatic heterocycles. The number of hydrogen-bond donors (Lipinski definition) is 2. The van der Waals surface area contributed by atoms with Crippen LogP contribution in [-0.4, -0.2) is 55.4 Å². The van der Waals surface area contributed by atoms with E-state index in [1.54, 1.807) is 0 Å². The molecule has 198 valence electrons. The van der Waals surface area contributed by atoms with E-state index in [2.05, 4.69) is 10.6 Å². The zero-order chi connectivity index (χ0) is 26.1. The number of piperidine rings is 1. The largest absolute Gasteiger partial charge is 0.493 e. The molecule has 0 atom stereocenters. The summed E-state index contributed by atoms with van der Waals surface area (Å²) in [6, 6.07) is 15.7. The van der Waals surface area contributed by atoms with Gasteiger partial charge in [0.2, 0.25) is 11.8 Å². The lowest BCUT2D eigenvalue weighted by Crippen LogP contribution is -2.50. The Morgan fingerprint density at radius 3 is 2.49 bits per heavy atom. The Morgan fingerprint density at radius 2 is 1.70 bits per heavy atom. The second kappa shape index (κ2) is 12.7. The molecular formula is C30H39N3O4. The SMILES string of the molecule is Cc1ccc2c(c1)OCCCNC(=O)C1(CCCCNC2=O)CCN(C(=O)CCc2ccccc2)CC1. The molecule has 1 spiro atoms. The van der Waals surface area contributed by atoms with Crippen molar-refractivity contribution in [3.8, 4) is 5.75 Å². The molecule has 0 bridgehead atoms. The van der Waals surface area contributed by atoms with Crippen LogP contribution in [0.5, 0.6) is 5.75 Å². The molecule has 0 radical (unpaired) electrons. The van der Waals surface area contributed by atoms with E-state index < -0.39 is 5.41 Å². The highest BCUT2D eigenvalue weighted by atomic mass is 16.5. The molecule has 0 unspecified atom stereocenters. The number of carbonyl (C=O) groups is 3. The fourth-order valence-corrected chi connectivity index (χ4v) is 5.29. The zero-order valence-corrected chi connectivity index (χ0v) is 21.9. The van der Waals surface area contributed by atoms with Gasteiger partial charge in [0.1, 0.15) is 5.75 Å². The first-order chi connectivity index (χ1) is 18.0. The topological polar surface area (TPSA) is 87.7 Å². The lowest BCUT2D eigenvalue weighted by molar-refractivity contribution is -0.141. The maximum Gasteiger partial charge on any atom is 0.255 e. The van der Waals surface area contributed by atoms with E-state index in [1.165, 1.54) is 5.56 Å². The first kappa shape index (κ1) is 26.7. The van der Waals surface area contributed by atoms with Crippen LogP contribution in [0, 0.1) is 12.3 Å². The molecule has 2 aliphatic rings. The number of hydrogen-bond acceptors (Lipinski definition) is 4. The van der Waals surface area contributed by atoms with Gasteiger partial charge in [0.25, 0.3) is 5.91 Å². The van der Waals surface area contributed by atoms with E-state index in [0.29, 0.717) is 69.8 Å². The van der Waals surface area contributed by atoms with E-state index in [0.717, 1.165) is 31.2 Å². The number of rotatable bonds is 3. The molecule has 4 rings (SSSR count). The van der Waals surface area contributed by atoms with Gasteiger partial charge in [-0.15, -0.1) is 0 Å². The number of amides is 3. The van der Waals surface area contributed by atoms with Gasteiger partial charge < -0.3 is 20.3 Å². The van der Waals surface area contributed by atoms with E-state index in [9.17, 15) is 14.4 Å². The van der Waals surface area contributed by atoms with Crippen molar-refractivity contribution in [1.29, 1.82) is 0 Å². The Bertz CT molecular complexity index is 1080. The van der Waals surface area contributed by atoms with Crippen LogP contribution in [-0.2, 0) is 16.0 Å². The molecule has 0 aliphatic carbocycles. The van der Waals surface area contributed by atoms with Gasteiger partial charge >= 0.3 is 0 Å². The van der Waals surface area contributed by atoms with Crippen molar-refractivity contribution in [2.24, 2.45) is 5.41 Å². The Labute approximate surface area is 220 Å². The highest BCUT2D eigenvalue weighted by Crippen LogP contribution is 2.37. The van der Waals surface area contributed by atoms with Crippen LogP contribution in [0.4, 0.5) is 0 Å². The van der Waals surface area contributed by atoms with Crippen molar-refractivity contribution >= 4 is 17.7 Å². The van der Waals surface area contributed by atoms with E-state index >= 15 is 0 Å². The van der Waals surface area contributed by atoms with Gasteiger partial charge in [-0.25, -0.2) is 0 Å². The molecule has 7 nitrogen and oxygen atoms in total. The van der Waals surface area contributed by atoms with Crippen LogP contribution >= 0.6 is 0 Å². The highest BCUT2D eigenvalue weighted by molar-refractivity contribution is 5.97. The molecule has 0 aromatic heterocycles. The van der Waals surface area contributed by atoms with Crippen molar-refractivity contribution in [2.75, 3.05) is 32.8 Å². The summed E-state index contributed by atoms with van der Waals surface area (Å²) < 4.78 is 5.93. The summed E-state index contributed by atoms with van der Waals surface area (Å²) in [5.74, 6) is 0.695. The van der Waals surface area contributed by atoms with Gasteiger partial charge in [-0.05, 0) is 68.7 Å². The Balaban J connectivity index is 1.34. The normalized spacial score (nSPS) is 19.0. The second-order valence-corrected chi connectivity index (χ2v) is 10.3. The van der Waals surface area contributed by atoms with Crippen molar-refractivity contribution in [3.63, 3.8) is 0 Å². The third kappa shape index (κ3) is 7.12. The molecule has 2 heterocycles. The predicted octanol–water partition coefficient (Wildman–Crippen LogP) is 4.04. The average Bonchev–Trinajstić information content (AvgIpc) is 2.92. The van der Waals surface area contributed by atoms with Crippen molar-refractivity contribution in [1.82, 2.24) is 15.5 Å². The van der Waals surface area contributed by atoms with E-state index in [-0.39, 0.29) is 17.7 Å². The molecule has 2 N–H and O–H groups in total. The minimum Gasteiger partial charge on any atom is -0.493 e. The van der Waals surface area contributed by atoms with Crippen LogP contribution in [0.2, 0.25) is 0 Å². The molecule has 7 heteroatoms. The average molecular weight is 506 g/mol. The smallest absolute Gasteiger partial charge is 0.255 e. The summed E-state index contributed by atoms with van der Waals surface area (Å²) in [7, 11) is 0. The predicted molar refractivity (Wildman–Crippen MR) is 143 cm³/mol. The first-order valence-corrected chi connectivity index (χ1v) is 13.6. The monoisotopic (exact) mass is 505 g/mol. The summed E-state index contributed by atoms with van der Waals surface area (Å²) >= 11 is 0. The molecule has 3 amide bonds. The van der Waals surface area contributed by atoms with Crippen molar-refractivity contribution < 1.29 is 19.1 Å². The first-order valence-electron chi connectivity index (χ1n) is 13.6. The highest BCUT2D eigenvalue weighted by Gasteiger charge is 2.41. The van der Waals surface area contributed by atoms with Gasteiger partial charge in [-0.2, -0.15) is 0 Å². The number of carbonyl (C=O) groups excluding carboxylic acids is 3. The minimum absolute atomic E-state index is 0.0824. The number of nitrogens with zero attached hydrogens (tertiary/aromatic N) is 1. The van der Waals surface area contributed by atoms with E-state index in [4.69, 9.17) is 4.74 Å². The second-order valence-electron chi connectivity index (χ2n) is 10.3. The molecule has 2 aromatic rings. The molecule has 2 aromatic carbocycles. The summed E-state index contributed by atoms with van der Waals surface area (Å²) in [6.45, 7) is 4.67. The van der Waals surface area contributed by atoms with Crippen LogP contribution < -0.4 is 15.4 Å². The van der Waals surface area contributed by atoms with Crippen LogP contribution in [0.15, 0.2) is 48.5 Å². The van der Waals surface area contributed by atoms with Crippen molar-refractivity contribution in [3.05, 3.63) is 65.2 Å². The standard InChI is InChI=1S/C30H39N3O4/c1-23-10-12-25-26(22-23)37-21-7-18-32-29(36)30(14-5-6-17-31-28(25)35)15-19-33(20-16-30)27(34)13-11-24-8-3-2-4-9-24/h2-4,8-10,12,22H,5-7,11,13-21H2,1H3,(H,31,35)(H,32,36). The van der Waals surface area contributed by atoms with Gasteiger partial charge in [0.15, 0.2) is 0 Å². The van der Waals surface area contributed by atoms with Crippen LogP contribution in [0.25, 0.3) is 0 Å². The Morgan fingerprint density at radius 1 is 0.946 bits per heavy atom. The molecule has 37 heavy (non-hydrogen) atoms. The summed E-state index contributed by atoms with van der Waals surface area (Å²) in [5.41, 5.74) is 2.27. The van der Waals surface area contributed by atoms with E-state index in [1.807, 2.05) is 60.4 Å². The van der Waals surface area contributed by atoms with Crippen LogP contribution in [0.1, 0.15) is 66.4 Å². The maximum atomic E-state index is 13.4. The zero-order valence-electron chi connectivity index (χ0n) is 21.9. The third-order valence-corrected chi connectivity index (χ3v) is 7.64. The Kier molecular flexibility index (Phi) is 9.20. The minimum atomic E-state index is -0.471. The molecular weight excluding hydrogens is 466 g/mol. The number of benzene rings is 2. The lowest BCUT2D eigenvalue weighted by Gasteiger charge is -2.41. The van der Waals surface area contributed by atoms with Gasteiger partial charge in [-0.3, -0.25) is 14.4 Å². The fourth-order valence-electron chi connectivity index (χ4n) is 5.29. The summed E-state index contributed by atoms with van der Waals surface area (Å²) in [4.78, 5) is 40.9. The van der Waals surface area contributed by atoms with Gasteiger partial charge in [0.05, 0.1) is 17.6 Å². The number of fused-ring (bicyclic) bond motifs is 1. The Hall–Kier alpha value is -3.35. The summed E-state index contributed by atoms with van der Waals surface area (Å²) in [6.07, 6.45) is 5.61. The molecule has 1 saturated heterocycles. The number of aryl methyl sites for hydroxylation is 2. The number of ether oxygens (including phenoxy) is 1. The third-order valence-electron chi connectivity index (χ3n) is 7.64. The van der Waals surface area contributed by atoms with Gasteiger partial charge in [-0.1, -0.05) is 42.8 Å². The molecule has 0 saturated carbocycles. The van der Waals surface area contributed by atoms with Crippen molar-refractivity contribution in [2.45, 2.75) is 58.3 Å². The fraction of sp³-hybridized carbons (Fsp3) is 0.500. The maximum absolute atomic E-state index is 13.4.